The maximum atomic E-state index is 4.13. The minimum absolute atomic E-state index is 0.540. The maximum absolute atomic E-state index is 4.13. The van der Waals surface area contributed by atoms with Gasteiger partial charge in [-0.25, -0.2) is 4.68 Å². The average Bonchev–Trinajstić information content (AvgIpc) is 3.13. The van der Waals surface area contributed by atoms with Crippen molar-refractivity contribution in [1.29, 1.82) is 0 Å². The van der Waals surface area contributed by atoms with Gasteiger partial charge >= 0.3 is 0 Å². The second-order valence-corrected chi connectivity index (χ2v) is 5.43. The van der Waals surface area contributed by atoms with Crippen LogP contribution in [0.2, 0.25) is 0 Å². The summed E-state index contributed by atoms with van der Waals surface area (Å²) in [6, 6.07) is 9.19. The molecule has 1 saturated carbocycles. The molecule has 0 spiro atoms. The first-order valence-electron chi connectivity index (χ1n) is 6.73. The summed E-state index contributed by atoms with van der Waals surface area (Å²) in [4.78, 5) is 2.25. The van der Waals surface area contributed by atoms with Crippen molar-refractivity contribution < 1.29 is 0 Å². The minimum atomic E-state index is 0.540. The highest BCUT2D eigenvalue weighted by atomic mass is 15.6. The Balaban J connectivity index is 1.62. The van der Waals surface area contributed by atoms with E-state index in [0.29, 0.717) is 6.04 Å². The first kappa shape index (κ1) is 12.3. The van der Waals surface area contributed by atoms with Crippen LogP contribution in [-0.2, 0) is 13.1 Å². The van der Waals surface area contributed by atoms with Gasteiger partial charge in [-0.1, -0.05) is 29.8 Å². The molecule has 0 saturated heterocycles. The number of hydrogen-bond acceptors (Lipinski definition) is 4. The van der Waals surface area contributed by atoms with E-state index in [9.17, 15) is 0 Å². The molecule has 0 atom stereocenters. The Labute approximate surface area is 113 Å². The van der Waals surface area contributed by atoms with Crippen LogP contribution in [0.1, 0.15) is 35.8 Å². The lowest BCUT2D eigenvalue weighted by molar-refractivity contribution is 0.302. The van der Waals surface area contributed by atoms with Crippen LogP contribution in [0, 0.1) is 6.92 Å². The van der Waals surface area contributed by atoms with Gasteiger partial charge in [-0.05, 0) is 42.8 Å². The van der Waals surface area contributed by atoms with E-state index in [4.69, 9.17) is 0 Å². The predicted octanol–water partition coefficient (Wildman–Crippen LogP) is 1.95. The molecule has 19 heavy (non-hydrogen) atoms. The lowest BCUT2D eigenvalue weighted by Crippen LogP contribution is -2.20. The molecule has 0 radical (unpaired) electrons. The van der Waals surface area contributed by atoms with E-state index in [1.807, 2.05) is 4.68 Å². The van der Waals surface area contributed by atoms with Crippen molar-refractivity contribution in [3.05, 3.63) is 41.2 Å². The summed E-state index contributed by atoms with van der Waals surface area (Å²) >= 11 is 0. The van der Waals surface area contributed by atoms with Crippen LogP contribution in [-0.4, -0.2) is 32.2 Å². The molecule has 1 aliphatic carbocycles. The van der Waals surface area contributed by atoms with Crippen molar-refractivity contribution in [2.75, 3.05) is 7.05 Å². The van der Waals surface area contributed by atoms with Gasteiger partial charge in [0.2, 0.25) is 0 Å². The van der Waals surface area contributed by atoms with Gasteiger partial charge in [-0.2, -0.15) is 0 Å². The van der Waals surface area contributed by atoms with Gasteiger partial charge in [-0.15, -0.1) is 5.10 Å². The topological polar surface area (TPSA) is 46.8 Å². The molecule has 1 aromatic heterocycles. The lowest BCUT2D eigenvalue weighted by Gasteiger charge is -2.16. The molecule has 0 unspecified atom stereocenters. The maximum Gasteiger partial charge on any atom is 0.165 e. The molecule has 0 aliphatic heterocycles. The largest absolute Gasteiger partial charge is 0.295 e. The fraction of sp³-hybridized carbons (Fsp3) is 0.500. The van der Waals surface area contributed by atoms with Crippen molar-refractivity contribution in [2.24, 2.45) is 0 Å². The molecule has 5 heteroatoms. The number of benzene rings is 1. The molecule has 1 aromatic carbocycles. The molecular formula is C14H19N5. The molecular weight excluding hydrogens is 238 g/mol. The molecule has 5 nitrogen and oxygen atoms in total. The molecule has 3 rings (SSSR count). The fourth-order valence-electron chi connectivity index (χ4n) is 2.22. The van der Waals surface area contributed by atoms with Crippen molar-refractivity contribution in [3.63, 3.8) is 0 Å². The third kappa shape index (κ3) is 2.98. The number of aryl methyl sites for hydroxylation is 1. The van der Waals surface area contributed by atoms with Crippen LogP contribution in [0.3, 0.4) is 0 Å². The predicted molar refractivity (Wildman–Crippen MR) is 72.4 cm³/mol. The van der Waals surface area contributed by atoms with Crippen LogP contribution in [0.15, 0.2) is 24.3 Å². The summed E-state index contributed by atoms with van der Waals surface area (Å²) in [5.41, 5.74) is 2.61. The minimum Gasteiger partial charge on any atom is -0.295 e. The standard InChI is InChI=1S/C14H19N5/c1-11-3-5-12(6-4-11)9-18(2)10-14-15-16-17-19(14)13-7-8-13/h3-6,13H,7-10H2,1-2H3. The summed E-state index contributed by atoms with van der Waals surface area (Å²) in [7, 11) is 2.10. The summed E-state index contributed by atoms with van der Waals surface area (Å²) in [6.45, 7) is 3.81. The smallest absolute Gasteiger partial charge is 0.165 e. The monoisotopic (exact) mass is 257 g/mol. The Kier molecular flexibility index (Phi) is 3.29. The molecule has 1 heterocycles. The first-order valence-corrected chi connectivity index (χ1v) is 6.73. The van der Waals surface area contributed by atoms with Gasteiger partial charge in [0.1, 0.15) is 0 Å². The van der Waals surface area contributed by atoms with E-state index in [0.717, 1.165) is 18.9 Å². The second-order valence-electron chi connectivity index (χ2n) is 5.43. The Bertz CT molecular complexity index is 541. The number of rotatable bonds is 5. The van der Waals surface area contributed by atoms with Gasteiger partial charge in [0, 0.05) is 6.54 Å². The molecule has 0 N–H and O–H groups in total. The van der Waals surface area contributed by atoms with Crippen LogP contribution in [0.25, 0.3) is 0 Å². The average molecular weight is 257 g/mol. The van der Waals surface area contributed by atoms with Crippen LogP contribution in [0.5, 0.6) is 0 Å². The molecule has 0 amide bonds. The highest BCUT2D eigenvalue weighted by Crippen LogP contribution is 2.34. The summed E-state index contributed by atoms with van der Waals surface area (Å²) in [5, 5.41) is 12.0. The Morgan fingerprint density at radius 2 is 1.95 bits per heavy atom. The lowest BCUT2D eigenvalue weighted by atomic mass is 10.1. The molecule has 0 bridgehead atoms. The third-order valence-electron chi connectivity index (χ3n) is 3.44. The van der Waals surface area contributed by atoms with Gasteiger partial charge in [0.25, 0.3) is 0 Å². The Morgan fingerprint density at radius 3 is 2.63 bits per heavy atom. The SMILES string of the molecule is Cc1ccc(CN(C)Cc2nnnn2C2CC2)cc1. The highest BCUT2D eigenvalue weighted by molar-refractivity contribution is 5.21. The van der Waals surface area contributed by atoms with Gasteiger partial charge in [-0.3, -0.25) is 4.90 Å². The normalized spacial score (nSPS) is 15.1. The molecule has 1 aliphatic rings. The quantitative estimate of drug-likeness (QED) is 0.821. The second kappa shape index (κ2) is 5.09. The van der Waals surface area contributed by atoms with Crippen LogP contribution >= 0.6 is 0 Å². The van der Waals surface area contributed by atoms with E-state index in [-0.39, 0.29) is 0 Å². The van der Waals surface area contributed by atoms with E-state index in [1.54, 1.807) is 0 Å². The number of aromatic nitrogens is 4. The number of nitrogens with zero attached hydrogens (tertiary/aromatic N) is 5. The summed E-state index contributed by atoms with van der Waals surface area (Å²) < 4.78 is 1.98. The van der Waals surface area contributed by atoms with Crippen molar-refractivity contribution in [1.82, 2.24) is 25.1 Å². The Morgan fingerprint density at radius 1 is 1.21 bits per heavy atom. The summed E-state index contributed by atoms with van der Waals surface area (Å²) in [6.07, 6.45) is 2.42. The van der Waals surface area contributed by atoms with E-state index in [2.05, 4.69) is 58.7 Å². The van der Waals surface area contributed by atoms with Crippen molar-refractivity contribution >= 4 is 0 Å². The van der Waals surface area contributed by atoms with Crippen molar-refractivity contribution in [2.45, 2.75) is 38.9 Å². The van der Waals surface area contributed by atoms with E-state index < -0.39 is 0 Å². The van der Waals surface area contributed by atoms with E-state index in [1.165, 1.54) is 24.0 Å². The zero-order valence-corrected chi connectivity index (χ0v) is 11.5. The fourth-order valence-corrected chi connectivity index (χ4v) is 2.22. The van der Waals surface area contributed by atoms with E-state index >= 15 is 0 Å². The number of hydrogen-bond donors (Lipinski definition) is 0. The van der Waals surface area contributed by atoms with Crippen molar-refractivity contribution in [3.8, 4) is 0 Å². The van der Waals surface area contributed by atoms with Crippen LogP contribution < -0.4 is 0 Å². The van der Waals surface area contributed by atoms with Gasteiger partial charge in [0.05, 0.1) is 12.6 Å². The zero-order valence-electron chi connectivity index (χ0n) is 11.5. The van der Waals surface area contributed by atoms with Gasteiger partial charge in [0.15, 0.2) is 5.82 Å². The third-order valence-corrected chi connectivity index (χ3v) is 3.44. The zero-order chi connectivity index (χ0) is 13.2. The Hall–Kier alpha value is -1.75. The first-order chi connectivity index (χ1) is 9.22. The highest BCUT2D eigenvalue weighted by Gasteiger charge is 2.27. The van der Waals surface area contributed by atoms with Gasteiger partial charge < -0.3 is 0 Å². The molecule has 1 fully saturated rings. The van der Waals surface area contributed by atoms with Crippen LogP contribution in [0.4, 0.5) is 0 Å². The molecule has 2 aromatic rings. The molecule has 100 valence electrons. The summed E-state index contributed by atoms with van der Waals surface area (Å²) in [5.74, 6) is 0.970. The number of tetrazole rings is 1.